The van der Waals surface area contributed by atoms with Crippen molar-refractivity contribution in [3.63, 3.8) is 0 Å². The van der Waals surface area contributed by atoms with Gasteiger partial charge in [0.05, 0.1) is 4.91 Å². The van der Waals surface area contributed by atoms with Crippen molar-refractivity contribution < 1.29 is 4.79 Å². The molecule has 1 aromatic carbocycles. The van der Waals surface area contributed by atoms with Crippen molar-refractivity contribution in [3.05, 3.63) is 34.7 Å². The normalized spacial score (nSPS) is 16.4. The Morgan fingerprint density at radius 3 is 2.29 bits per heavy atom. The largest absolute Gasteiger partial charge is 0.372 e. The number of thiocarbonyl (C=S) groups is 1. The van der Waals surface area contributed by atoms with Crippen LogP contribution >= 0.6 is 24.0 Å². The number of carbonyl (C=O) groups is 1. The fourth-order valence-electron chi connectivity index (χ4n) is 2.26. The molecule has 1 heterocycles. The number of anilines is 1. The molecule has 0 bridgehead atoms. The summed E-state index contributed by atoms with van der Waals surface area (Å²) in [6.07, 6.45) is 4.16. The summed E-state index contributed by atoms with van der Waals surface area (Å²) in [6, 6.07) is 8.34. The third-order valence-corrected chi connectivity index (χ3v) is 4.35. The fraction of sp³-hybridized carbons (Fsp3) is 0.375. The lowest BCUT2D eigenvalue weighted by Gasteiger charge is -2.23. The van der Waals surface area contributed by atoms with Crippen molar-refractivity contribution in [2.45, 2.75) is 26.7 Å². The number of thioether (sulfide) groups is 1. The molecule has 0 aromatic heterocycles. The van der Waals surface area contributed by atoms with E-state index in [2.05, 4.69) is 48.3 Å². The molecule has 3 nitrogen and oxygen atoms in total. The average molecular weight is 320 g/mol. The maximum absolute atomic E-state index is 11.6. The highest BCUT2D eigenvalue weighted by Crippen LogP contribution is 2.26. The Bertz CT molecular complexity index is 546. The predicted octanol–water partition coefficient (Wildman–Crippen LogP) is 3.80. The second-order valence-electron chi connectivity index (χ2n) is 4.93. The molecule has 0 radical (unpaired) electrons. The fourth-order valence-corrected chi connectivity index (χ4v) is 3.31. The molecule has 1 saturated heterocycles. The van der Waals surface area contributed by atoms with Crippen LogP contribution in [0, 0.1) is 0 Å². The van der Waals surface area contributed by atoms with Gasteiger partial charge in [-0.15, -0.1) is 0 Å². The molecule has 5 heteroatoms. The van der Waals surface area contributed by atoms with Gasteiger partial charge in [-0.3, -0.25) is 4.79 Å². The highest BCUT2D eigenvalue weighted by atomic mass is 32.2. The van der Waals surface area contributed by atoms with Crippen LogP contribution in [0.4, 0.5) is 5.69 Å². The topological polar surface area (TPSA) is 32.3 Å². The van der Waals surface area contributed by atoms with E-state index in [9.17, 15) is 4.79 Å². The molecule has 1 aromatic rings. The van der Waals surface area contributed by atoms with Crippen LogP contribution in [0.1, 0.15) is 32.3 Å². The summed E-state index contributed by atoms with van der Waals surface area (Å²) in [5, 5.41) is 2.63. The second-order valence-corrected chi connectivity index (χ2v) is 6.65. The molecule has 0 unspecified atom stereocenters. The van der Waals surface area contributed by atoms with Crippen LogP contribution in [0.5, 0.6) is 0 Å². The third kappa shape index (κ3) is 4.32. The first kappa shape index (κ1) is 16.0. The number of hydrogen-bond donors (Lipinski definition) is 1. The van der Waals surface area contributed by atoms with E-state index in [-0.39, 0.29) is 5.91 Å². The molecule has 0 atom stereocenters. The summed E-state index contributed by atoms with van der Waals surface area (Å²) in [7, 11) is 0. The molecule has 0 saturated carbocycles. The van der Waals surface area contributed by atoms with Gasteiger partial charge in [0.15, 0.2) is 0 Å². The Morgan fingerprint density at radius 1 is 1.19 bits per heavy atom. The van der Waals surface area contributed by atoms with Gasteiger partial charge in [0.2, 0.25) is 0 Å². The van der Waals surface area contributed by atoms with Gasteiger partial charge in [-0.25, -0.2) is 0 Å². The van der Waals surface area contributed by atoms with E-state index in [0.29, 0.717) is 9.23 Å². The van der Waals surface area contributed by atoms with E-state index < -0.39 is 0 Å². The monoisotopic (exact) mass is 320 g/mol. The molecule has 2 rings (SSSR count). The molecular weight excluding hydrogens is 300 g/mol. The number of rotatable bonds is 6. The van der Waals surface area contributed by atoms with Gasteiger partial charge in [0.25, 0.3) is 5.91 Å². The van der Waals surface area contributed by atoms with Crippen molar-refractivity contribution in [2.75, 3.05) is 18.0 Å². The predicted molar refractivity (Wildman–Crippen MR) is 95.5 cm³/mol. The van der Waals surface area contributed by atoms with E-state index in [1.54, 1.807) is 0 Å². The molecular formula is C16H20N2OS2. The average Bonchev–Trinajstić information content (AvgIpc) is 2.77. The number of nitrogens with zero attached hydrogens (tertiary/aromatic N) is 1. The Balaban J connectivity index is 2.13. The van der Waals surface area contributed by atoms with Gasteiger partial charge in [0, 0.05) is 18.8 Å². The Labute approximate surface area is 135 Å². The second kappa shape index (κ2) is 7.61. The first-order chi connectivity index (χ1) is 10.1. The first-order valence-electron chi connectivity index (χ1n) is 7.24. The summed E-state index contributed by atoms with van der Waals surface area (Å²) in [4.78, 5) is 14.7. The molecule has 112 valence electrons. The lowest BCUT2D eigenvalue weighted by molar-refractivity contribution is -0.115. The Kier molecular flexibility index (Phi) is 5.82. The molecule has 21 heavy (non-hydrogen) atoms. The van der Waals surface area contributed by atoms with Crippen LogP contribution in [0.2, 0.25) is 0 Å². The van der Waals surface area contributed by atoms with Gasteiger partial charge in [-0.05, 0) is 36.6 Å². The Morgan fingerprint density at radius 2 is 1.81 bits per heavy atom. The van der Waals surface area contributed by atoms with E-state index in [4.69, 9.17) is 12.2 Å². The highest BCUT2D eigenvalue weighted by Gasteiger charge is 2.21. The number of carbonyl (C=O) groups excluding carboxylic acids is 1. The summed E-state index contributed by atoms with van der Waals surface area (Å²) < 4.78 is 0.528. The van der Waals surface area contributed by atoms with E-state index >= 15 is 0 Å². The third-order valence-electron chi connectivity index (χ3n) is 3.19. The van der Waals surface area contributed by atoms with Crippen LogP contribution in [0.15, 0.2) is 29.2 Å². The lowest BCUT2D eigenvalue weighted by Crippen LogP contribution is -2.24. The standard InChI is InChI=1S/C16H20N2OS2/c1-3-9-18(10-4-2)13-7-5-12(6-8-13)11-14-15(19)17-16(20)21-14/h5-8,11H,3-4,9-10H2,1-2H3,(H,17,19,20). The van der Waals surface area contributed by atoms with Crippen LogP contribution in [-0.4, -0.2) is 23.3 Å². The molecule has 1 amide bonds. The Hall–Kier alpha value is -1.33. The van der Waals surface area contributed by atoms with Crippen molar-refractivity contribution >= 4 is 46.0 Å². The number of nitrogens with one attached hydrogen (secondary N) is 1. The van der Waals surface area contributed by atoms with Gasteiger partial charge in [-0.1, -0.05) is 50.0 Å². The van der Waals surface area contributed by atoms with Crippen LogP contribution < -0.4 is 10.2 Å². The smallest absolute Gasteiger partial charge is 0.263 e. The van der Waals surface area contributed by atoms with Gasteiger partial charge < -0.3 is 10.2 Å². The molecule has 1 aliphatic rings. The summed E-state index contributed by atoms with van der Waals surface area (Å²) in [6.45, 7) is 6.53. The van der Waals surface area contributed by atoms with Gasteiger partial charge >= 0.3 is 0 Å². The highest BCUT2D eigenvalue weighted by molar-refractivity contribution is 8.26. The number of hydrogen-bond acceptors (Lipinski definition) is 4. The summed E-state index contributed by atoms with van der Waals surface area (Å²) in [5.74, 6) is -0.104. The zero-order valence-electron chi connectivity index (χ0n) is 12.4. The minimum absolute atomic E-state index is 0.104. The van der Waals surface area contributed by atoms with Gasteiger partial charge in [-0.2, -0.15) is 0 Å². The zero-order chi connectivity index (χ0) is 15.2. The molecule has 1 fully saturated rings. The van der Waals surface area contributed by atoms with Crippen LogP contribution in [-0.2, 0) is 4.79 Å². The molecule has 1 aliphatic heterocycles. The minimum atomic E-state index is -0.104. The quantitative estimate of drug-likeness (QED) is 0.638. The van der Waals surface area contributed by atoms with Crippen LogP contribution in [0.3, 0.4) is 0 Å². The van der Waals surface area contributed by atoms with Crippen molar-refractivity contribution in [1.29, 1.82) is 0 Å². The zero-order valence-corrected chi connectivity index (χ0v) is 14.0. The van der Waals surface area contributed by atoms with Crippen molar-refractivity contribution in [2.24, 2.45) is 0 Å². The number of benzene rings is 1. The summed E-state index contributed by atoms with van der Waals surface area (Å²) >= 11 is 6.30. The maximum Gasteiger partial charge on any atom is 0.263 e. The molecule has 1 N–H and O–H groups in total. The lowest BCUT2D eigenvalue weighted by atomic mass is 10.1. The van der Waals surface area contributed by atoms with Crippen molar-refractivity contribution in [1.82, 2.24) is 5.32 Å². The maximum atomic E-state index is 11.6. The molecule has 0 spiro atoms. The minimum Gasteiger partial charge on any atom is -0.372 e. The summed E-state index contributed by atoms with van der Waals surface area (Å²) in [5.41, 5.74) is 2.26. The van der Waals surface area contributed by atoms with E-state index in [1.165, 1.54) is 17.4 Å². The van der Waals surface area contributed by atoms with Crippen LogP contribution in [0.25, 0.3) is 6.08 Å². The van der Waals surface area contributed by atoms with Crippen molar-refractivity contribution in [3.8, 4) is 0 Å². The van der Waals surface area contributed by atoms with E-state index in [0.717, 1.165) is 31.5 Å². The van der Waals surface area contributed by atoms with Gasteiger partial charge in [0.1, 0.15) is 4.32 Å². The SMILES string of the molecule is CCCN(CCC)c1ccc(C=C2SC(=S)NC2=O)cc1. The first-order valence-corrected chi connectivity index (χ1v) is 8.46. The number of amides is 1. The molecule has 0 aliphatic carbocycles. The van der Waals surface area contributed by atoms with E-state index in [1.807, 2.05) is 6.08 Å².